The number of nitro groups is 1. The van der Waals surface area contributed by atoms with Gasteiger partial charge in [0, 0.05) is 36.5 Å². The predicted molar refractivity (Wildman–Crippen MR) is 98.6 cm³/mol. The summed E-state index contributed by atoms with van der Waals surface area (Å²) < 4.78 is 0. The van der Waals surface area contributed by atoms with Crippen LogP contribution in [0.25, 0.3) is 0 Å². The Bertz CT molecular complexity index is 804. The summed E-state index contributed by atoms with van der Waals surface area (Å²) in [6.07, 6.45) is 3.55. The van der Waals surface area contributed by atoms with E-state index in [-0.39, 0.29) is 11.3 Å². The van der Waals surface area contributed by atoms with Gasteiger partial charge in [-0.15, -0.1) is 0 Å². The lowest BCUT2D eigenvalue weighted by Gasteiger charge is -2.29. The highest BCUT2D eigenvalue weighted by Gasteiger charge is 2.15. The average molecular weight is 360 g/mol. The molecule has 6 nitrogen and oxygen atoms in total. The molecule has 0 unspecified atom stereocenters. The molecule has 1 heterocycles. The fraction of sp³-hybridized carbons (Fsp3) is 0.278. The maximum Gasteiger partial charge on any atom is 0.270 e. The van der Waals surface area contributed by atoms with Gasteiger partial charge in [-0.05, 0) is 43.5 Å². The standard InChI is InChI=1S/C18H18ClN3O3/c19-16-12-14(7-8-17(16)21-9-2-1-3-10-21)20-18(23)13-5-4-6-15(11-13)22(24)25/h4-8,11-12H,1-3,9-10H2,(H,20,23). The highest BCUT2D eigenvalue weighted by Crippen LogP contribution is 2.31. The van der Waals surface area contributed by atoms with E-state index in [0.717, 1.165) is 31.6 Å². The minimum absolute atomic E-state index is 0.119. The number of rotatable bonds is 4. The van der Waals surface area contributed by atoms with Crippen LogP contribution in [0.5, 0.6) is 0 Å². The van der Waals surface area contributed by atoms with Crippen molar-refractivity contribution in [3.05, 3.63) is 63.2 Å². The first-order valence-corrected chi connectivity index (χ1v) is 8.53. The van der Waals surface area contributed by atoms with Crippen molar-refractivity contribution in [1.29, 1.82) is 0 Å². The number of hydrogen-bond acceptors (Lipinski definition) is 4. The number of halogens is 1. The van der Waals surface area contributed by atoms with Crippen molar-refractivity contribution in [2.24, 2.45) is 0 Å². The van der Waals surface area contributed by atoms with Crippen LogP contribution >= 0.6 is 11.6 Å². The molecule has 1 saturated heterocycles. The van der Waals surface area contributed by atoms with E-state index < -0.39 is 10.8 Å². The second-order valence-electron chi connectivity index (χ2n) is 5.98. The minimum atomic E-state index is -0.527. The number of non-ortho nitro benzene ring substituents is 1. The van der Waals surface area contributed by atoms with Crippen LogP contribution in [0.3, 0.4) is 0 Å². The Hall–Kier alpha value is -2.60. The first-order valence-electron chi connectivity index (χ1n) is 8.15. The number of benzene rings is 2. The molecule has 7 heteroatoms. The number of hydrogen-bond donors (Lipinski definition) is 1. The highest BCUT2D eigenvalue weighted by atomic mass is 35.5. The molecule has 3 rings (SSSR count). The first-order chi connectivity index (χ1) is 12.0. The number of nitrogens with one attached hydrogen (secondary N) is 1. The van der Waals surface area contributed by atoms with Crippen molar-refractivity contribution in [3.63, 3.8) is 0 Å². The lowest BCUT2D eigenvalue weighted by atomic mass is 10.1. The predicted octanol–water partition coefficient (Wildman–Crippen LogP) is 4.49. The summed E-state index contributed by atoms with van der Waals surface area (Å²) in [5.74, 6) is -0.412. The Balaban J connectivity index is 1.74. The summed E-state index contributed by atoms with van der Waals surface area (Å²) in [5, 5.41) is 14.1. The Morgan fingerprint density at radius 2 is 1.88 bits per heavy atom. The molecule has 0 aromatic heterocycles. The molecule has 0 radical (unpaired) electrons. The quantitative estimate of drug-likeness (QED) is 0.644. The van der Waals surface area contributed by atoms with Crippen molar-refractivity contribution >= 4 is 34.6 Å². The molecule has 25 heavy (non-hydrogen) atoms. The summed E-state index contributed by atoms with van der Waals surface area (Å²) in [7, 11) is 0. The van der Waals surface area contributed by atoms with Crippen LogP contribution in [0, 0.1) is 10.1 Å². The fourth-order valence-electron chi connectivity index (χ4n) is 2.94. The number of anilines is 2. The molecule has 0 aliphatic carbocycles. The van der Waals surface area contributed by atoms with Gasteiger partial charge in [-0.1, -0.05) is 17.7 Å². The molecular formula is C18H18ClN3O3. The summed E-state index contributed by atoms with van der Waals surface area (Å²) in [5.41, 5.74) is 1.63. The molecule has 130 valence electrons. The van der Waals surface area contributed by atoms with Gasteiger partial charge in [-0.2, -0.15) is 0 Å². The lowest BCUT2D eigenvalue weighted by Crippen LogP contribution is -2.29. The number of nitro benzene ring substituents is 1. The van der Waals surface area contributed by atoms with Gasteiger partial charge in [0.25, 0.3) is 11.6 Å². The Morgan fingerprint density at radius 1 is 1.12 bits per heavy atom. The number of nitrogens with zero attached hydrogens (tertiary/aromatic N) is 2. The van der Waals surface area contributed by atoms with Crippen molar-refractivity contribution in [1.82, 2.24) is 0 Å². The lowest BCUT2D eigenvalue weighted by molar-refractivity contribution is -0.384. The Labute approximate surface area is 150 Å². The third-order valence-corrected chi connectivity index (χ3v) is 4.52. The van der Waals surface area contributed by atoms with Crippen LogP contribution in [-0.4, -0.2) is 23.9 Å². The number of carbonyl (C=O) groups is 1. The van der Waals surface area contributed by atoms with E-state index >= 15 is 0 Å². The molecule has 1 aliphatic rings. The topological polar surface area (TPSA) is 75.5 Å². The van der Waals surface area contributed by atoms with Crippen molar-refractivity contribution in [2.75, 3.05) is 23.3 Å². The maximum absolute atomic E-state index is 12.3. The second-order valence-corrected chi connectivity index (χ2v) is 6.38. The molecule has 1 fully saturated rings. The minimum Gasteiger partial charge on any atom is -0.370 e. The van der Waals surface area contributed by atoms with Crippen molar-refractivity contribution in [3.8, 4) is 0 Å². The monoisotopic (exact) mass is 359 g/mol. The van der Waals surface area contributed by atoms with Gasteiger partial charge in [0.15, 0.2) is 0 Å². The molecular weight excluding hydrogens is 342 g/mol. The SMILES string of the molecule is O=C(Nc1ccc(N2CCCCC2)c(Cl)c1)c1cccc([N+](=O)[O-])c1. The van der Waals surface area contributed by atoms with Gasteiger partial charge in [-0.25, -0.2) is 0 Å². The number of piperidine rings is 1. The molecule has 0 spiro atoms. The third-order valence-electron chi connectivity index (χ3n) is 4.22. The van der Waals surface area contributed by atoms with Gasteiger partial charge >= 0.3 is 0 Å². The molecule has 1 amide bonds. The molecule has 0 bridgehead atoms. The molecule has 2 aromatic rings. The molecule has 1 aliphatic heterocycles. The molecule has 2 aromatic carbocycles. The third kappa shape index (κ3) is 4.09. The number of amides is 1. The van der Waals surface area contributed by atoms with E-state index in [9.17, 15) is 14.9 Å². The Kier molecular flexibility index (Phi) is 5.19. The first kappa shape index (κ1) is 17.2. The van der Waals surface area contributed by atoms with Crippen LogP contribution in [0.4, 0.5) is 17.1 Å². The smallest absolute Gasteiger partial charge is 0.270 e. The van der Waals surface area contributed by atoms with E-state index in [1.54, 1.807) is 12.1 Å². The Morgan fingerprint density at radius 3 is 2.56 bits per heavy atom. The van der Waals surface area contributed by atoms with Crippen LogP contribution < -0.4 is 10.2 Å². The maximum atomic E-state index is 12.3. The zero-order chi connectivity index (χ0) is 17.8. The zero-order valence-electron chi connectivity index (χ0n) is 13.6. The zero-order valence-corrected chi connectivity index (χ0v) is 14.3. The van der Waals surface area contributed by atoms with Crippen LogP contribution in [-0.2, 0) is 0 Å². The van der Waals surface area contributed by atoms with E-state index in [0.29, 0.717) is 10.7 Å². The van der Waals surface area contributed by atoms with Crippen LogP contribution in [0.1, 0.15) is 29.6 Å². The summed E-state index contributed by atoms with van der Waals surface area (Å²) in [4.78, 5) is 24.8. The highest BCUT2D eigenvalue weighted by molar-refractivity contribution is 6.33. The fourth-order valence-corrected chi connectivity index (χ4v) is 3.24. The van der Waals surface area contributed by atoms with E-state index in [1.165, 1.54) is 30.7 Å². The summed E-state index contributed by atoms with van der Waals surface area (Å²) in [6, 6.07) is 11.0. The summed E-state index contributed by atoms with van der Waals surface area (Å²) >= 11 is 6.38. The molecule has 0 saturated carbocycles. The molecule has 0 atom stereocenters. The van der Waals surface area contributed by atoms with Crippen LogP contribution in [0.2, 0.25) is 5.02 Å². The summed E-state index contributed by atoms with van der Waals surface area (Å²) in [6.45, 7) is 1.97. The normalized spacial score (nSPS) is 14.2. The molecule has 1 N–H and O–H groups in total. The van der Waals surface area contributed by atoms with Gasteiger partial charge < -0.3 is 10.2 Å². The number of carbonyl (C=O) groups excluding carboxylic acids is 1. The van der Waals surface area contributed by atoms with Gasteiger partial charge in [0.05, 0.1) is 15.6 Å². The van der Waals surface area contributed by atoms with Gasteiger partial charge in [-0.3, -0.25) is 14.9 Å². The average Bonchev–Trinajstić information content (AvgIpc) is 2.62. The van der Waals surface area contributed by atoms with Gasteiger partial charge in [0.2, 0.25) is 0 Å². The van der Waals surface area contributed by atoms with Crippen molar-refractivity contribution < 1.29 is 9.72 Å². The van der Waals surface area contributed by atoms with Crippen molar-refractivity contribution in [2.45, 2.75) is 19.3 Å². The second kappa shape index (κ2) is 7.53. The largest absolute Gasteiger partial charge is 0.370 e. The van der Waals surface area contributed by atoms with Crippen LogP contribution in [0.15, 0.2) is 42.5 Å². The van der Waals surface area contributed by atoms with E-state index in [4.69, 9.17) is 11.6 Å². The van der Waals surface area contributed by atoms with E-state index in [1.807, 2.05) is 6.07 Å². The van der Waals surface area contributed by atoms with E-state index in [2.05, 4.69) is 10.2 Å². The van der Waals surface area contributed by atoms with Gasteiger partial charge in [0.1, 0.15) is 0 Å².